The number of aliphatic carboxylic acids is 1. The number of hydrogen-bond acceptors (Lipinski definition) is 1. The summed E-state index contributed by atoms with van der Waals surface area (Å²) < 4.78 is 14.1. The van der Waals surface area contributed by atoms with E-state index in [4.69, 9.17) is 5.11 Å². The molecule has 0 radical (unpaired) electrons. The van der Waals surface area contributed by atoms with Crippen molar-refractivity contribution < 1.29 is 14.3 Å². The van der Waals surface area contributed by atoms with Crippen LogP contribution in [-0.4, -0.2) is 11.1 Å². The van der Waals surface area contributed by atoms with Gasteiger partial charge < -0.3 is 5.11 Å². The van der Waals surface area contributed by atoms with Crippen molar-refractivity contribution in [3.05, 3.63) is 58.9 Å². The van der Waals surface area contributed by atoms with Gasteiger partial charge in [-0.3, -0.25) is 4.79 Å². The number of carboxylic acids is 1. The maximum Gasteiger partial charge on any atom is 0.304 e. The quantitative estimate of drug-likeness (QED) is 0.889. The third-order valence-electron chi connectivity index (χ3n) is 3.73. The summed E-state index contributed by atoms with van der Waals surface area (Å²) in [6.07, 6.45) is -0.00704. The Labute approximate surface area is 110 Å². The first-order chi connectivity index (χ1) is 9.09. The van der Waals surface area contributed by atoms with E-state index >= 15 is 0 Å². The normalized spacial score (nSPS) is 16.0. The number of fused-ring (bicyclic) bond motifs is 3. The van der Waals surface area contributed by atoms with Crippen molar-refractivity contribution in [3.63, 3.8) is 0 Å². The van der Waals surface area contributed by atoms with Crippen molar-refractivity contribution in [3.8, 4) is 11.1 Å². The molecule has 2 aromatic rings. The third kappa shape index (κ3) is 1.73. The summed E-state index contributed by atoms with van der Waals surface area (Å²) in [5.74, 6) is -1.39. The van der Waals surface area contributed by atoms with Crippen molar-refractivity contribution in [2.75, 3.05) is 0 Å². The lowest BCUT2D eigenvalue weighted by Crippen LogP contribution is -2.05. The lowest BCUT2D eigenvalue weighted by molar-refractivity contribution is -0.137. The van der Waals surface area contributed by atoms with Crippen LogP contribution in [0.3, 0.4) is 0 Å². The molecule has 3 rings (SSSR count). The van der Waals surface area contributed by atoms with E-state index in [0.717, 1.165) is 22.3 Å². The first kappa shape index (κ1) is 11.9. The molecule has 3 heteroatoms. The average Bonchev–Trinajstić information content (AvgIpc) is 2.66. The minimum Gasteiger partial charge on any atom is -0.481 e. The number of halogens is 1. The molecule has 0 aliphatic heterocycles. The Morgan fingerprint density at radius 2 is 1.79 bits per heavy atom. The number of benzene rings is 2. The van der Waals surface area contributed by atoms with E-state index in [2.05, 4.69) is 0 Å². The zero-order valence-electron chi connectivity index (χ0n) is 10.5. The molecule has 96 valence electrons. The van der Waals surface area contributed by atoms with Gasteiger partial charge in [0.15, 0.2) is 0 Å². The number of carbonyl (C=O) groups is 1. The Kier molecular flexibility index (Phi) is 2.63. The molecule has 0 aromatic heterocycles. The van der Waals surface area contributed by atoms with Crippen LogP contribution in [0.1, 0.15) is 29.0 Å². The first-order valence-corrected chi connectivity index (χ1v) is 6.19. The number of aryl methyl sites for hydroxylation is 1. The Morgan fingerprint density at radius 3 is 2.47 bits per heavy atom. The van der Waals surface area contributed by atoms with E-state index in [-0.39, 0.29) is 18.2 Å². The van der Waals surface area contributed by atoms with Crippen LogP contribution in [0.15, 0.2) is 36.4 Å². The standard InChI is InChI=1S/C16H13FO2/c1-9-4-2-5-10-12(8-14(18)19)11-6-3-7-13(17)16(11)15(9)10/h2-7,12H,8H2,1H3,(H,18,19). The van der Waals surface area contributed by atoms with Crippen molar-refractivity contribution in [1.82, 2.24) is 0 Å². The summed E-state index contributed by atoms with van der Waals surface area (Å²) in [7, 11) is 0. The predicted octanol–water partition coefficient (Wildman–Crippen LogP) is 3.72. The summed E-state index contributed by atoms with van der Waals surface area (Å²) in [5, 5.41) is 9.07. The highest BCUT2D eigenvalue weighted by atomic mass is 19.1. The fourth-order valence-electron chi connectivity index (χ4n) is 2.98. The van der Waals surface area contributed by atoms with Gasteiger partial charge in [0.1, 0.15) is 5.82 Å². The molecule has 2 aromatic carbocycles. The molecular formula is C16H13FO2. The highest BCUT2D eigenvalue weighted by molar-refractivity contribution is 5.84. The molecule has 0 spiro atoms. The summed E-state index contributed by atoms with van der Waals surface area (Å²) in [4.78, 5) is 11.1. The Bertz CT molecular complexity index is 625. The summed E-state index contributed by atoms with van der Waals surface area (Å²) in [5.41, 5.74) is 4.12. The van der Waals surface area contributed by atoms with Gasteiger partial charge in [-0.05, 0) is 35.2 Å². The zero-order chi connectivity index (χ0) is 13.6. The van der Waals surface area contributed by atoms with Crippen LogP contribution in [0, 0.1) is 12.7 Å². The Hall–Kier alpha value is -2.16. The van der Waals surface area contributed by atoms with E-state index in [1.807, 2.05) is 31.2 Å². The number of hydrogen-bond donors (Lipinski definition) is 1. The van der Waals surface area contributed by atoms with Gasteiger partial charge in [-0.25, -0.2) is 4.39 Å². The monoisotopic (exact) mass is 256 g/mol. The minimum absolute atomic E-state index is 0.00704. The lowest BCUT2D eigenvalue weighted by atomic mass is 9.93. The molecule has 1 atom stereocenters. The van der Waals surface area contributed by atoms with E-state index in [9.17, 15) is 9.18 Å². The fraction of sp³-hybridized carbons (Fsp3) is 0.188. The minimum atomic E-state index is -0.866. The lowest BCUT2D eigenvalue weighted by Gasteiger charge is -2.10. The predicted molar refractivity (Wildman–Crippen MR) is 70.7 cm³/mol. The maximum absolute atomic E-state index is 14.1. The van der Waals surface area contributed by atoms with Crippen LogP contribution in [0.25, 0.3) is 11.1 Å². The van der Waals surface area contributed by atoms with Gasteiger partial charge in [0.2, 0.25) is 0 Å². The van der Waals surface area contributed by atoms with Crippen molar-refractivity contribution in [1.29, 1.82) is 0 Å². The smallest absolute Gasteiger partial charge is 0.304 e. The van der Waals surface area contributed by atoms with Gasteiger partial charge in [0.05, 0.1) is 6.42 Å². The molecule has 0 bridgehead atoms. The molecule has 1 aliphatic rings. The van der Waals surface area contributed by atoms with Gasteiger partial charge in [0.25, 0.3) is 0 Å². The topological polar surface area (TPSA) is 37.3 Å². The van der Waals surface area contributed by atoms with Crippen LogP contribution in [0.2, 0.25) is 0 Å². The van der Waals surface area contributed by atoms with E-state index in [1.165, 1.54) is 6.07 Å². The number of carboxylic acid groups (broad SMARTS) is 1. The number of rotatable bonds is 2. The van der Waals surface area contributed by atoms with E-state index in [0.29, 0.717) is 5.56 Å². The Morgan fingerprint density at radius 1 is 1.16 bits per heavy atom. The van der Waals surface area contributed by atoms with Crippen LogP contribution < -0.4 is 0 Å². The largest absolute Gasteiger partial charge is 0.481 e. The third-order valence-corrected chi connectivity index (χ3v) is 3.73. The van der Waals surface area contributed by atoms with Crippen LogP contribution in [0.4, 0.5) is 4.39 Å². The second-order valence-corrected chi connectivity index (χ2v) is 4.89. The van der Waals surface area contributed by atoms with Crippen LogP contribution >= 0.6 is 0 Å². The molecule has 2 nitrogen and oxygen atoms in total. The Balaban J connectivity index is 2.30. The van der Waals surface area contributed by atoms with Crippen molar-refractivity contribution >= 4 is 5.97 Å². The van der Waals surface area contributed by atoms with Gasteiger partial charge in [0, 0.05) is 11.5 Å². The maximum atomic E-state index is 14.1. The van der Waals surface area contributed by atoms with E-state index < -0.39 is 5.97 Å². The second kappa shape index (κ2) is 4.19. The first-order valence-electron chi connectivity index (χ1n) is 6.19. The summed E-state index contributed by atoms with van der Waals surface area (Å²) in [6.45, 7) is 1.93. The summed E-state index contributed by atoms with van der Waals surface area (Å²) in [6, 6.07) is 10.6. The molecule has 0 fully saturated rings. The molecule has 0 amide bonds. The SMILES string of the molecule is Cc1cccc2c1-c1c(F)cccc1C2CC(=O)O. The fourth-order valence-corrected chi connectivity index (χ4v) is 2.98. The molecular weight excluding hydrogens is 243 g/mol. The highest BCUT2D eigenvalue weighted by Crippen LogP contribution is 2.48. The molecule has 0 saturated carbocycles. The van der Waals surface area contributed by atoms with E-state index in [1.54, 1.807) is 6.07 Å². The molecule has 0 saturated heterocycles. The molecule has 1 N–H and O–H groups in total. The van der Waals surface area contributed by atoms with Gasteiger partial charge >= 0.3 is 5.97 Å². The highest BCUT2D eigenvalue weighted by Gasteiger charge is 2.32. The molecule has 19 heavy (non-hydrogen) atoms. The van der Waals surface area contributed by atoms with Gasteiger partial charge in [-0.2, -0.15) is 0 Å². The molecule has 1 unspecified atom stereocenters. The average molecular weight is 256 g/mol. The second-order valence-electron chi connectivity index (χ2n) is 4.89. The van der Waals surface area contributed by atoms with Crippen LogP contribution in [0.5, 0.6) is 0 Å². The van der Waals surface area contributed by atoms with Crippen molar-refractivity contribution in [2.45, 2.75) is 19.3 Å². The zero-order valence-corrected chi connectivity index (χ0v) is 10.5. The molecule has 0 heterocycles. The molecule has 1 aliphatic carbocycles. The summed E-state index contributed by atoms with van der Waals surface area (Å²) >= 11 is 0. The van der Waals surface area contributed by atoms with Gasteiger partial charge in [-0.15, -0.1) is 0 Å². The van der Waals surface area contributed by atoms with Crippen molar-refractivity contribution in [2.24, 2.45) is 0 Å². The van der Waals surface area contributed by atoms with Crippen LogP contribution in [-0.2, 0) is 4.79 Å². The van der Waals surface area contributed by atoms with Gasteiger partial charge in [-0.1, -0.05) is 30.3 Å².